The molecule has 3 saturated carbocycles. The predicted octanol–water partition coefficient (Wildman–Crippen LogP) is 6.95. The van der Waals surface area contributed by atoms with Crippen molar-refractivity contribution >= 4 is 5.97 Å². The molecule has 1 N–H and O–H groups in total. The third kappa shape index (κ3) is 4.37. The first-order valence-corrected chi connectivity index (χ1v) is 13.7. The van der Waals surface area contributed by atoms with E-state index in [1.807, 2.05) is 0 Å². The molecule has 7 unspecified atom stereocenters. The van der Waals surface area contributed by atoms with Gasteiger partial charge in [0.05, 0.1) is 6.10 Å². The number of esters is 1. The number of aliphatic hydroxyl groups is 1. The molecule has 0 aromatic carbocycles. The maximum atomic E-state index is 11.7. The highest BCUT2D eigenvalue weighted by Crippen LogP contribution is 2.66. The SMILES string of the molecule is CC(=O)OC1CCC2(C)C3C(=CC[C@H]2C1)C1CCC([C@H](C)/C=C/[C@H](C)C(C)C)C1(C)CC3O. The van der Waals surface area contributed by atoms with Crippen molar-refractivity contribution in [2.75, 3.05) is 0 Å². The summed E-state index contributed by atoms with van der Waals surface area (Å²) in [6, 6.07) is 0. The lowest BCUT2D eigenvalue weighted by atomic mass is 9.47. The maximum Gasteiger partial charge on any atom is 0.302 e. The van der Waals surface area contributed by atoms with Crippen LogP contribution in [0.1, 0.15) is 93.4 Å². The van der Waals surface area contributed by atoms with Gasteiger partial charge >= 0.3 is 5.97 Å². The molecule has 0 spiro atoms. The molecule has 0 aromatic rings. The third-order valence-electron chi connectivity index (χ3n) is 10.8. The van der Waals surface area contributed by atoms with E-state index in [2.05, 4.69) is 59.8 Å². The number of hydrogen-bond acceptors (Lipinski definition) is 3. The van der Waals surface area contributed by atoms with E-state index < -0.39 is 0 Å². The van der Waals surface area contributed by atoms with Gasteiger partial charge in [-0.1, -0.05) is 65.3 Å². The van der Waals surface area contributed by atoms with Crippen molar-refractivity contribution in [1.82, 2.24) is 0 Å². The summed E-state index contributed by atoms with van der Waals surface area (Å²) in [7, 11) is 0. The van der Waals surface area contributed by atoms with Gasteiger partial charge in [-0.15, -0.1) is 0 Å². The molecule has 0 aromatic heterocycles. The van der Waals surface area contributed by atoms with Gasteiger partial charge in [-0.2, -0.15) is 0 Å². The number of rotatable bonds is 5. The minimum absolute atomic E-state index is 0.0539. The molecule has 33 heavy (non-hydrogen) atoms. The summed E-state index contributed by atoms with van der Waals surface area (Å²) in [6.45, 7) is 15.8. The first-order valence-electron chi connectivity index (χ1n) is 13.7. The van der Waals surface area contributed by atoms with Crippen LogP contribution in [0.5, 0.6) is 0 Å². The zero-order valence-electron chi connectivity index (χ0n) is 22.1. The fourth-order valence-corrected chi connectivity index (χ4v) is 8.55. The largest absolute Gasteiger partial charge is 0.463 e. The Bertz CT molecular complexity index is 796. The number of hydrogen-bond donors (Lipinski definition) is 1. The lowest BCUT2D eigenvalue weighted by Crippen LogP contribution is -2.55. The Kier molecular flexibility index (Phi) is 6.95. The average molecular weight is 457 g/mol. The van der Waals surface area contributed by atoms with Crippen LogP contribution >= 0.6 is 0 Å². The standard InChI is InChI=1S/C30H48O3/c1-18(2)19(3)8-9-20(4)25-12-13-26-24-11-10-22-16-23(33-21(5)31)14-15-29(22,6)28(24)27(32)17-30(25,26)7/h8-9,11,18-20,22-23,25-28,32H,10,12-17H2,1-7H3/b9-8+/t19-,20+,22-,23?,25?,26?,27?,28?,29?,30?/m0/s1. The lowest BCUT2D eigenvalue weighted by Gasteiger charge is -2.59. The van der Waals surface area contributed by atoms with Gasteiger partial charge in [0.25, 0.3) is 0 Å². The lowest BCUT2D eigenvalue weighted by molar-refractivity contribution is -0.154. The van der Waals surface area contributed by atoms with Gasteiger partial charge in [0.2, 0.25) is 0 Å². The van der Waals surface area contributed by atoms with E-state index >= 15 is 0 Å². The summed E-state index contributed by atoms with van der Waals surface area (Å²) in [5.74, 6) is 3.70. The van der Waals surface area contributed by atoms with Crippen LogP contribution in [0.3, 0.4) is 0 Å². The smallest absolute Gasteiger partial charge is 0.302 e. The molecule has 0 aliphatic heterocycles. The van der Waals surface area contributed by atoms with Gasteiger partial charge in [0.1, 0.15) is 6.10 Å². The quantitative estimate of drug-likeness (QED) is 0.359. The van der Waals surface area contributed by atoms with Gasteiger partial charge in [0.15, 0.2) is 0 Å². The number of ether oxygens (including phenoxy) is 1. The predicted molar refractivity (Wildman–Crippen MR) is 134 cm³/mol. The molecule has 10 atom stereocenters. The van der Waals surface area contributed by atoms with Crippen molar-refractivity contribution in [3.63, 3.8) is 0 Å². The second kappa shape index (κ2) is 9.17. The first kappa shape index (κ1) is 25.0. The number of allylic oxidation sites excluding steroid dienone is 3. The van der Waals surface area contributed by atoms with E-state index in [1.54, 1.807) is 5.57 Å². The van der Waals surface area contributed by atoms with Crippen LogP contribution in [-0.4, -0.2) is 23.3 Å². The van der Waals surface area contributed by atoms with Crippen LogP contribution in [0.2, 0.25) is 0 Å². The molecule has 186 valence electrons. The fraction of sp³-hybridized carbons (Fsp3) is 0.833. The number of aliphatic hydroxyl groups excluding tert-OH is 1. The monoisotopic (exact) mass is 456 g/mol. The summed E-state index contributed by atoms with van der Waals surface area (Å²) in [4.78, 5) is 11.5. The van der Waals surface area contributed by atoms with Crippen molar-refractivity contribution in [3.05, 3.63) is 23.8 Å². The van der Waals surface area contributed by atoms with Crippen molar-refractivity contribution < 1.29 is 14.6 Å². The highest BCUT2D eigenvalue weighted by atomic mass is 16.5. The van der Waals surface area contributed by atoms with Crippen molar-refractivity contribution in [2.45, 2.75) is 106 Å². The van der Waals surface area contributed by atoms with E-state index in [1.165, 1.54) is 19.8 Å². The van der Waals surface area contributed by atoms with Crippen LogP contribution in [0, 0.1) is 52.3 Å². The fourth-order valence-electron chi connectivity index (χ4n) is 8.55. The molecule has 0 radical (unpaired) electrons. The van der Waals surface area contributed by atoms with E-state index in [-0.39, 0.29) is 34.9 Å². The molecule has 3 nitrogen and oxygen atoms in total. The van der Waals surface area contributed by atoms with E-state index in [9.17, 15) is 9.90 Å². The van der Waals surface area contributed by atoms with Crippen LogP contribution < -0.4 is 0 Å². The zero-order chi connectivity index (χ0) is 24.1. The van der Waals surface area contributed by atoms with Crippen LogP contribution in [0.25, 0.3) is 0 Å². The molecule has 3 fully saturated rings. The Morgan fingerprint density at radius 3 is 2.52 bits per heavy atom. The summed E-state index contributed by atoms with van der Waals surface area (Å²) in [6.07, 6.45) is 14.7. The van der Waals surface area contributed by atoms with E-state index in [0.717, 1.165) is 32.1 Å². The van der Waals surface area contributed by atoms with Gasteiger partial charge < -0.3 is 9.84 Å². The van der Waals surface area contributed by atoms with Crippen LogP contribution in [0.15, 0.2) is 23.8 Å². The Morgan fingerprint density at radius 1 is 1.12 bits per heavy atom. The summed E-state index contributed by atoms with van der Waals surface area (Å²) in [5, 5.41) is 11.7. The number of fused-ring (bicyclic) bond motifs is 5. The Balaban J connectivity index is 1.55. The van der Waals surface area contributed by atoms with Gasteiger partial charge in [-0.05, 0) is 91.3 Å². The minimum atomic E-state index is -0.262. The summed E-state index contributed by atoms with van der Waals surface area (Å²) >= 11 is 0. The molecule has 0 amide bonds. The molecule has 0 saturated heterocycles. The van der Waals surface area contributed by atoms with Gasteiger partial charge in [-0.25, -0.2) is 0 Å². The van der Waals surface area contributed by atoms with Crippen molar-refractivity contribution in [1.29, 1.82) is 0 Å². The van der Waals surface area contributed by atoms with Crippen LogP contribution in [0.4, 0.5) is 0 Å². The highest BCUT2D eigenvalue weighted by Gasteiger charge is 2.61. The average Bonchev–Trinajstić information content (AvgIpc) is 3.07. The minimum Gasteiger partial charge on any atom is -0.463 e. The molecular weight excluding hydrogens is 408 g/mol. The second-order valence-corrected chi connectivity index (χ2v) is 13.0. The maximum absolute atomic E-state index is 11.7. The van der Waals surface area contributed by atoms with Crippen molar-refractivity contribution in [3.8, 4) is 0 Å². The molecule has 0 bridgehead atoms. The number of carbonyl (C=O) groups is 1. The summed E-state index contributed by atoms with van der Waals surface area (Å²) in [5.41, 5.74) is 1.89. The van der Waals surface area contributed by atoms with Crippen molar-refractivity contribution in [2.24, 2.45) is 52.3 Å². The molecule has 4 rings (SSSR count). The molecule has 0 heterocycles. The zero-order valence-corrected chi connectivity index (χ0v) is 22.1. The first-order chi connectivity index (χ1) is 15.5. The van der Waals surface area contributed by atoms with E-state index in [0.29, 0.717) is 35.5 Å². The molecular formula is C30H48O3. The van der Waals surface area contributed by atoms with Gasteiger partial charge in [-0.3, -0.25) is 4.79 Å². The topological polar surface area (TPSA) is 46.5 Å². The van der Waals surface area contributed by atoms with Gasteiger partial charge in [0, 0.05) is 12.8 Å². The molecule has 4 aliphatic carbocycles. The third-order valence-corrected chi connectivity index (χ3v) is 10.8. The molecule has 4 aliphatic rings. The highest BCUT2D eigenvalue weighted by molar-refractivity contribution is 5.66. The van der Waals surface area contributed by atoms with E-state index in [4.69, 9.17) is 4.74 Å². The second-order valence-electron chi connectivity index (χ2n) is 13.0. The summed E-state index contributed by atoms with van der Waals surface area (Å²) < 4.78 is 5.60. The Labute approximate surface area is 202 Å². The Morgan fingerprint density at radius 2 is 1.85 bits per heavy atom. The Hall–Kier alpha value is -1.09. The number of carbonyl (C=O) groups excluding carboxylic acids is 1. The molecule has 3 heteroatoms. The van der Waals surface area contributed by atoms with Crippen LogP contribution in [-0.2, 0) is 9.53 Å². The normalized spacial score (nSPS) is 44.6.